The van der Waals surface area contributed by atoms with E-state index in [2.05, 4.69) is 0 Å². The zero-order chi connectivity index (χ0) is 16.6. The molecular weight excluding hydrogens is 298 g/mol. The number of benzene rings is 1. The van der Waals surface area contributed by atoms with E-state index in [4.69, 9.17) is 8.83 Å². The predicted molar refractivity (Wildman–Crippen MR) is 81.7 cm³/mol. The Bertz CT molecular complexity index is 778. The molecule has 1 aromatic carbocycles. The van der Waals surface area contributed by atoms with E-state index in [1.165, 1.54) is 18.2 Å². The van der Waals surface area contributed by atoms with Crippen molar-refractivity contribution in [2.45, 2.75) is 19.8 Å². The number of phenols is 1. The lowest BCUT2D eigenvalue weighted by molar-refractivity contribution is -0.991. The van der Waals surface area contributed by atoms with Crippen LogP contribution in [0.5, 0.6) is 5.75 Å². The Morgan fingerprint density at radius 1 is 0.957 bits per heavy atom. The maximum atomic E-state index is 11.2. The molecule has 3 N–H and O–H groups in total. The first-order valence-electron chi connectivity index (χ1n) is 7.14. The maximum Gasteiger partial charge on any atom is 0.164 e. The molecule has 2 aromatic heterocycles. The lowest BCUT2D eigenvalue weighted by Crippen LogP contribution is -2.99. The zero-order valence-corrected chi connectivity index (χ0v) is 12.7. The van der Waals surface area contributed by atoms with E-state index in [9.17, 15) is 15.5 Å². The molecule has 1 unspecified atom stereocenters. The van der Waals surface area contributed by atoms with Crippen LogP contribution >= 0.6 is 0 Å². The molecule has 2 heterocycles. The first kappa shape index (κ1) is 15.4. The summed E-state index contributed by atoms with van der Waals surface area (Å²) in [5.41, 5.74) is 0.517. The number of hydrogen-bond acceptors (Lipinski definition) is 5. The quantitative estimate of drug-likeness (QED) is 0.508. The van der Waals surface area contributed by atoms with Gasteiger partial charge in [0.25, 0.3) is 0 Å². The molecular formula is C17H17NO5. The minimum atomic E-state index is -1.06. The van der Waals surface area contributed by atoms with Crippen molar-refractivity contribution in [3.05, 3.63) is 76.3 Å². The van der Waals surface area contributed by atoms with Gasteiger partial charge in [-0.05, 0) is 44.2 Å². The first-order chi connectivity index (χ1) is 11.0. The summed E-state index contributed by atoms with van der Waals surface area (Å²) in [6.07, 6.45) is 0. The highest BCUT2D eigenvalue weighted by molar-refractivity contribution is 5.50. The monoisotopic (exact) mass is 315 g/mol. The molecule has 0 radical (unpaired) electrons. The van der Waals surface area contributed by atoms with Crippen LogP contribution in [0.3, 0.4) is 0 Å². The number of aryl methyl sites for hydroxylation is 2. The Morgan fingerprint density at radius 3 is 1.96 bits per heavy atom. The molecule has 6 nitrogen and oxygen atoms in total. The van der Waals surface area contributed by atoms with Gasteiger partial charge in [0.15, 0.2) is 5.69 Å². The van der Waals surface area contributed by atoms with E-state index in [0.717, 1.165) is 11.5 Å². The molecule has 0 saturated heterocycles. The first-order valence-corrected chi connectivity index (χ1v) is 7.14. The molecule has 120 valence electrons. The van der Waals surface area contributed by atoms with Gasteiger partial charge in [-0.1, -0.05) is 0 Å². The fourth-order valence-corrected chi connectivity index (χ4v) is 2.58. The van der Waals surface area contributed by atoms with Crippen LogP contribution in [0.4, 0.5) is 5.69 Å². The van der Waals surface area contributed by atoms with Crippen molar-refractivity contribution >= 4 is 5.69 Å². The summed E-state index contributed by atoms with van der Waals surface area (Å²) in [4.78, 5) is 0. The van der Waals surface area contributed by atoms with Gasteiger partial charge in [0.2, 0.25) is 0 Å². The lowest BCUT2D eigenvalue weighted by Gasteiger charge is -2.17. The minimum absolute atomic E-state index is 0.0110. The number of hydrogen-bond donors (Lipinski definition) is 3. The molecule has 0 saturated carbocycles. The summed E-state index contributed by atoms with van der Waals surface area (Å²) >= 11 is 0. The highest BCUT2D eigenvalue weighted by atomic mass is 16.8. The minimum Gasteiger partial charge on any atom is -0.595 e. The number of aromatic hydroxyl groups is 1. The zero-order valence-electron chi connectivity index (χ0n) is 12.7. The van der Waals surface area contributed by atoms with Crippen molar-refractivity contribution in [2.75, 3.05) is 0 Å². The van der Waals surface area contributed by atoms with Gasteiger partial charge < -0.3 is 19.1 Å². The van der Waals surface area contributed by atoms with Crippen molar-refractivity contribution in [3.8, 4) is 5.75 Å². The normalized spacial score (nSPS) is 12.7. The molecule has 1 atom stereocenters. The van der Waals surface area contributed by atoms with E-state index >= 15 is 0 Å². The Kier molecular flexibility index (Phi) is 3.96. The van der Waals surface area contributed by atoms with Crippen LogP contribution in [-0.2, 0) is 0 Å². The Hall–Kier alpha value is -2.54. The van der Waals surface area contributed by atoms with Gasteiger partial charge in [0.1, 0.15) is 34.7 Å². The van der Waals surface area contributed by atoms with Crippen molar-refractivity contribution in [3.63, 3.8) is 0 Å². The third-order valence-corrected chi connectivity index (χ3v) is 3.68. The Balaban J connectivity index is 2.18. The fraction of sp³-hybridized carbons (Fsp3) is 0.176. The van der Waals surface area contributed by atoms with Crippen molar-refractivity contribution < 1.29 is 24.4 Å². The summed E-state index contributed by atoms with van der Waals surface area (Å²) in [6.45, 7) is 3.64. The average Bonchev–Trinajstić information content (AvgIpc) is 3.10. The molecule has 0 aliphatic carbocycles. The summed E-state index contributed by atoms with van der Waals surface area (Å²) in [6, 6.07) is 11.4. The second kappa shape index (κ2) is 5.92. The van der Waals surface area contributed by atoms with Crippen LogP contribution in [-0.4, -0.2) is 10.3 Å². The van der Waals surface area contributed by atoms with Crippen LogP contribution in [0.15, 0.2) is 51.3 Å². The van der Waals surface area contributed by atoms with Gasteiger partial charge in [-0.2, -0.15) is 5.23 Å². The Labute approximate surface area is 132 Å². The van der Waals surface area contributed by atoms with Crippen molar-refractivity contribution in [1.82, 2.24) is 0 Å². The van der Waals surface area contributed by atoms with E-state index in [1.54, 1.807) is 12.1 Å². The topological polar surface area (TPSA) is 94.2 Å². The van der Waals surface area contributed by atoms with Crippen LogP contribution in [0.2, 0.25) is 0 Å². The third kappa shape index (κ3) is 3.00. The van der Waals surface area contributed by atoms with Crippen LogP contribution < -0.4 is 5.23 Å². The van der Waals surface area contributed by atoms with Crippen molar-refractivity contribution in [2.24, 2.45) is 0 Å². The van der Waals surface area contributed by atoms with Crippen LogP contribution in [0.1, 0.15) is 34.5 Å². The summed E-state index contributed by atoms with van der Waals surface area (Å²) in [5.74, 6) is 2.08. The largest absolute Gasteiger partial charge is 0.595 e. The van der Waals surface area contributed by atoms with E-state index in [-0.39, 0.29) is 11.4 Å². The predicted octanol–water partition coefficient (Wildman–Crippen LogP) is 2.78. The van der Waals surface area contributed by atoms with Gasteiger partial charge in [-0.3, -0.25) is 0 Å². The Morgan fingerprint density at radius 2 is 1.52 bits per heavy atom. The molecule has 0 amide bonds. The number of phenolic OH excluding ortho intramolecular Hbond substituents is 1. The van der Waals surface area contributed by atoms with Gasteiger partial charge in [-0.25, -0.2) is 5.21 Å². The molecule has 3 rings (SSSR count). The fourth-order valence-electron chi connectivity index (χ4n) is 2.58. The van der Waals surface area contributed by atoms with Gasteiger partial charge in [0, 0.05) is 17.7 Å². The SMILES string of the molecule is Cc1ccc(C(c2ccc(C)o2)c2cc([NH+]([O-])O)ccc2O)o1. The number of rotatable bonds is 4. The summed E-state index contributed by atoms with van der Waals surface area (Å²) in [7, 11) is 0. The smallest absolute Gasteiger partial charge is 0.164 e. The highest BCUT2D eigenvalue weighted by Crippen LogP contribution is 2.39. The second-order valence-corrected chi connectivity index (χ2v) is 5.41. The van der Waals surface area contributed by atoms with Crippen molar-refractivity contribution in [1.29, 1.82) is 0 Å². The molecule has 0 fully saturated rings. The summed E-state index contributed by atoms with van der Waals surface area (Å²) in [5, 5.41) is 29.6. The highest BCUT2D eigenvalue weighted by Gasteiger charge is 2.27. The standard InChI is InChI=1S/C17H17NO5/c1-10-3-7-15(22-10)17(16-8-4-11(2)23-16)13-9-12(18(20)21)5-6-14(13)19/h3-9,17-20H,1-2H3. The van der Waals surface area contributed by atoms with Crippen LogP contribution in [0, 0.1) is 19.1 Å². The van der Waals surface area contributed by atoms with Gasteiger partial charge >= 0.3 is 0 Å². The molecule has 6 heteroatoms. The number of nitrogens with one attached hydrogen (secondary N) is 1. The van der Waals surface area contributed by atoms with Crippen LogP contribution in [0.25, 0.3) is 0 Å². The van der Waals surface area contributed by atoms with E-state index < -0.39 is 11.1 Å². The van der Waals surface area contributed by atoms with E-state index in [1.807, 2.05) is 26.0 Å². The third-order valence-electron chi connectivity index (χ3n) is 3.68. The summed E-state index contributed by atoms with van der Waals surface area (Å²) < 4.78 is 11.4. The lowest BCUT2D eigenvalue weighted by atomic mass is 9.92. The maximum absolute atomic E-state index is 11.2. The number of quaternary nitrogens is 1. The van der Waals surface area contributed by atoms with Gasteiger partial charge in [0.05, 0.1) is 0 Å². The van der Waals surface area contributed by atoms with E-state index in [0.29, 0.717) is 17.1 Å². The van der Waals surface area contributed by atoms with Gasteiger partial charge in [-0.15, -0.1) is 0 Å². The molecule has 0 aliphatic heterocycles. The molecule has 0 bridgehead atoms. The molecule has 3 aromatic rings. The number of furan rings is 2. The molecule has 0 aliphatic rings. The molecule has 23 heavy (non-hydrogen) atoms. The molecule has 0 spiro atoms. The second-order valence-electron chi connectivity index (χ2n) is 5.41. The average molecular weight is 315 g/mol.